The molecule has 0 aliphatic rings. The summed E-state index contributed by atoms with van der Waals surface area (Å²) in [6.45, 7) is 1.76. The second-order valence-electron chi connectivity index (χ2n) is 2.50. The molecule has 0 aliphatic heterocycles. The molecule has 0 spiro atoms. The van der Waals surface area contributed by atoms with Gasteiger partial charge in [-0.2, -0.15) is 0 Å². The van der Waals surface area contributed by atoms with E-state index >= 15 is 0 Å². The molecule has 1 rings (SSSR count). The molecule has 0 saturated carbocycles. The number of methoxy groups -OCH3 is 1. The minimum atomic E-state index is -0.231. The molecule has 4 heteroatoms. The Kier molecular flexibility index (Phi) is 6.62. The van der Waals surface area contributed by atoms with E-state index < -0.39 is 0 Å². The second-order valence-corrected chi connectivity index (χ2v) is 2.50. The van der Waals surface area contributed by atoms with E-state index in [1.54, 1.807) is 38.3 Å². The Balaban J connectivity index is 0.00000169. The predicted molar refractivity (Wildman–Crippen MR) is 54.7 cm³/mol. The summed E-state index contributed by atoms with van der Waals surface area (Å²) in [4.78, 5) is 10.9. The number of rotatable bonds is 3. The van der Waals surface area contributed by atoms with Gasteiger partial charge in [-0.25, -0.2) is 0 Å². The van der Waals surface area contributed by atoms with Crippen molar-refractivity contribution in [1.29, 1.82) is 0 Å². The maximum absolute atomic E-state index is 10.9. The van der Waals surface area contributed by atoms with E-state index in [0.29, 0.717) is 12.2 Å². The van der Waals surface area contributed by atoms with E-state index in [-0.39, 0.29) is 35.5 Å². The van der Waals surface area contributed by atoms with E-state index in [9.17, 15) is 4.79 Å². The zero-order chi connectivity index (χ0) is 9.68. The third-order valence-electron chi connectivity index (χ3n) is 1.58. The maximum atomic E-state index is 10.9. The van der Waals surface area contributed by atoms with E-state index in [4.69, 9.17) is 9.47 Å². The van der Waals surface area contributed by atoms with Crippen molar-refractivity contribution in [2.75, 3.05) is 7.11 Å². The van der Waals surface area contributed by atoms with E-state index in [2.05, 4.69) is 0 Å². The fourth-order valence-electron chi connectivity index (χ4n) is 0.847. The molecule has 1 radical (unpaired) electrons. The van der Waals surface area contributed by atoms with Gasteiger partial charge in [0.15, 0.2) is 0 Å². The van der Waals surface area contributed by atoms with E-state index in [0.717, 1.165) is 5.75 Å². The average Bonchev–Trinajstić information content (AvgIpc) is 2.19. The molecule has 0 N–H and O–H groups in total. The Hall–Kier alpha value is -0.510. The van der Waals surface area contributed by atoms with Gasteiger partial charge in [-0.3, -0.25) is 4.79 Å². The molecule has 0 atom stereocenters. The van der Waals surface area contributed by atoms with Gasteiger partial charge in [0.2, 0.25) is 0 Å². The van der Waals surface area contributed by atoms with Gasteiger partial charge in [0.1, 0.15) is 11.5 Å². The second kappa shape index (κ2) is 6.87. The molecule has 1 aromatic carbocycles. The van der Waals surface area contributed by atoms with Crippen molar-refractivity contribution in [2.45, 2.75) is 13.3 Å². The van der Waals surface area contributed by atoms with Crippen LogP contribution in [0.25, 0.3) is 0 Å². The summed E-state index contributed by atoms with van der Waals surface area (Å²) >= 11 is 0. The van der Waals surface area contributed by atoms with Crippen molar-refractivity contribution in [1.82, 2.24) is 0 Å². The first-order chi connectivity index (χ1) is 6.26. The third kappa shape index (κ3) is 4.13. The van der Waals surface area contributed by atoms with Gasteiger partial charge in [-0.1, -0.05) is 6.92 Å². The maximum Gasteiger partial charge on any atom is 0.310 e. The molecular formula is C10H12NaO3. The van der Waals surface area contributed by atoms with E-state index in [1.165, 1.54) is 0 Å². The number of esters is 1. The molecule has 14 heavy (non-hydrogen) atoms. The van der Waals surface area contributed by atoms with Crippen molar-refractivity contribution in [2.24, 2.45) is 0 Å². The first-order valence-corrected chi connectivity index (χ1v) is 4.11. The Bertz CT molecular complexity index is 282. The summed E-state index contributed by atoms with van der Waals surface area (Å²) in [6.07, 6.45) is 0.381. The molecule has 0 aliphatic carbocycles. The fourth-order valence-corrected chi connectivity index (χ4v) is 0.847. The summed E-state index contributed by atoms with van der Waals surface area (Å²) in [5.41, 5.74) is 0. The first-order valence-electron chi connectivity index (χ1n) is 4.11. The van der Waals surface area contributed by atoms with Crippen molar-refractivity contribution in [3.63, 3.8) is 0 Å². The number of ether oxygens (including phenoxy) is 2. The number of carbonyl (C=O) groups is 1. The van der Waals surface area contributed by atoms with Gasteiger partial charge in [0, 0.05) is 36.0 Å². The molecule has 0 amide bonds. The van der Waals surface area contributed by atoms with Gasteiger partial charge in [-0.15, -0.1) is 0 Å². The van der Waals surface area contributed by atoms with Crippen LogP contribution in [0.4, 0.5) is 0 Å². The minimum Gasteiger partial charge on any atom is -0.497 e. The van der Waals surface area contributed by atoms with Gasteiger partial charge >= 0.3 is 5.97 Å². The van der Waals surface area contributed by atoms with Crippen molar-refractivity contribution in [3.8, 4) is 11.5 Å². The Morgan fingerprint density at radius 2 is 1.71 bits per heavy atom. The quantitative estimate of drug-likeness (QED) is 0.425. The molecule has 3 nitrogen and oxygen atoms in total. The number of hydrogen-bond donors (Lipinski definition) is 0. The van der Waals surface area contributed by atoms with Crippen molar-refractivity contribution in [3.05, 3.63) is 24.3 Å². The molecule has 0 unspecified atom stereocenters. The van der Waals surface area contributed by atoms with Crippen LogP contribution in [0.2, 0.25) is 0 Å². The Morgan fingerprint density at radius 3 is 2.14 bits per heavy atom. The molecule has 71 valence electrons. The Labute approximate surface area is 106 Å². The van der Waals surface area contributed by atoms with Crippen LogP contribution in [0.15, 0.2) is 24.3 Å². The molecular weight excluding hydrogens is 191 g/mol. The van der Waals surface area contributed by atoms with Crippen LogP contribution in [-0.2, 0) is 4.79 Å². The van der Waals surface area contributed by atoms with E-state index in [1.807, 2.05) is 0 Å². The van der Waals surface area contributed by atoms with Crippen LogP contribution in [0, 0.1) is 0 Å². The van der Waals surface area contributed by atoms with Crippen LogP contribution in [-0.4, -0.2) is 42.6 Å². The first kappa shape index (κ1) is 13.5. The van der Waals surface area contributed by atoms with Gasteiger partial charge in [0.25, 0.3) is 0 Å². The summed E-state index contributed by atoms with van der Waals surface area (Å²) < 4.78 is 9.93. The van der Waals surface area contributed by atoms with Crippen LogP contribution >= 0.6 is 0 Å². The molecule has 0 bridgehead atoms. The van der Waals surface area contributed by atoms with Crippen LogP contribution < -0.4 is 9.47 Å². The van der Waals surface area contributed by atoms with Gasteiger partial charge < -0.3 is 9.47 Å². The average molecular weight is 203 g/mol. The Morgan fingerprint density at radius 1 is 1.21 bits per heavy atom. The molecule has 1 aromatic rings. The topological polar surface area (TPSA) is 35.5 Å². The van der Waals surface area contributed by atoms with Crippen LogP contribution in [0.5, 0.6) is 11.5 Å². The number of carbonyl (C=O) groups excluding carboxylic acids is 1. The summed E-state index contributed by atoms with van der Waals surface area (Å²) in [6, 6.07) is 6.90. The van der Waals surface area contributed by atoms with Crippen molar-refractivity contribution < 1.29 is 14.3 Å². The smallest absolute Gasteiger partial charge is 0.310 e. The number of hydrogen-bond acceptors (Lipinski definition) is 3. The number of benzene rings is 1. The van der Waals surface area contributed by atoms with Crippen LogP contribution in [0.3, 0.4) is 0 Å². The predicted octanol–water partition coefficient (Wildman–Crippen LogP) is 1.63. The molecule has 0 fully saturated rings. The molecule has 0 aromatic heterocycles. The summed E-state index contributed by atoms with van der Waals surface area (Å²) in [5.74, 6) is 1.06. The molecule has 0 saturated heterocycles. The minimum absolute atomic E-state index is 0. The molecule has 0 heterocycles. The fraction of sp³-hybridized carbons (Fsp3) is 0.300. The van der Waals surface area contributed by atoms with Gasteiger partial charge in [0.05, 0.1) is 7.11 Å². The zero-order valence-corrected chi connectivity index (χ0v) is 10.7. The normalized spacial score (nSPS) is 8.71. The standard InChI is InChI=1S/C10H12O3.Na/c1-3-10(11)13-9-6-4-8(12-2)5-7-9;/h4-7H,3H2,1-2H3;. The third-order valence-corrected chi connectivity index (χ3v) is 1.58. The zero-order valence-electron chi connectivity index (χ0n) is 8.74. The summed E-state index contributed by atoms with van der Waals surface area (Å²) in [5, 5.41) is 0. The summed E-state index contributed by atoms with van der Waals surface area (Å²) in [7, 11) is 1.59. The largest absolute Gasteiger partial charge is 0.497 e. The van der Waals surface area contributed by atoms with Crippen molar-refractivity contribution >= 4 is 35.5 Å². The van der Waals surface area contributed by atoms with Gasteiger partial charge in [-0.05, 0) is 24.3 Å². The SMILES string of the molecule is CCC(=O)Oc1ccc(OC)cc1.[Na]. The van der Waals surface area contributed by atoms with Crippen LogP contribution in [0.1, 0.15) is 13.3 Å². The monoisotopic (exact) mass is 203 g/mol.